The van der Waals surface area contributed by atoms with E-state index in [0.29, 0.717) is 0 Å². The predicted octanol–water partition coefficient (Wildman–Crippen LogP) is 4.30. The molecule has 0 aromatic heterocycles. The van der Waals surface area contributed by atoms with Crippen LogP contribution in [0.25, 0.3) is 36.9 Å². The number of nitrogens with two attached hydrogens (primary N) is 6. The van der Waals surface area contributed by atoms with E-state index < -0.39 is 0 Å². The van der Waals surface area contributed by atoms with Crippen molar-refractivity contribution in [2.45, 2.75) is 0 Å². The molecule has 0 radical (unpaired) electrons. The van der Waals surface area contributed by atoms with E-state index in [0.717, 1.165) is 0 Å². The van der Waals surface area contributed by atoms with Gasteiger partial charge in [-0.3, -0.25) is 0 Å². The molecule has 0 aromatic rings. The molecule has 0 aliphatic carbocycles. The quantitative estimate of drug-likeness (QED) is 0.500. The van der Waals surface area contributed by atoms with Crippen LogP contribution in [0.4, 0.5) is 0 Å². The predicted molar refractivity (Wildman–Crippen MR) is 31.7 cm³/mol. The monoisotopic (exact) mass is 199 g/mol. The van der Waals surface area contributed by atoms with Crippen molar-refractivity contribution in [2.75, 3.05) is 0 Å². The van der Waals surface area contributed by atoms with Crippen LogP contribution in [0.5, 0.6) is 0 Å². The summed E-state index contributed by atoms with van der Waals surface area (Å²) in [5.41, 5.74) is 0. The summed E-state index contributed by atoms with van der Waals surface area (Å²) in [6.07, 6.45) is 0. The first kappa shape index (κ1) is 2050. The summed E-state index contributed by atoms with van der Waals surface area (Å²) < 4.78 is 0. The van der Waals surface area contributed by atoms with E-state index in [1.165, 1.54) is 0 Å². The Morgan fingerprint density at radius 3 is 0.286 bits per heavy atom. The van der Waals surface area contributed by atoms with E-state index in [-0.39, 0.29) is 56.4 Å². The maximum absolute atomic E-state index is 0. The second-order valence-electron chi connectivity index (χ2n) is 0. The summed E-state index contributed by atoms with van der Waals surface area (Å²) in [6.45, 7) is 0. The molecule has 12 N–H and O–H groups in total. The molecule has 54 valence electrons. The molecule has 7 heteroatoms. The molecule has 0 bridgehead atoms. The molecule has 0 atom stereocenters. The summed E-state index contributed by atoms with van der Waals surface area (Å²) in [5.74, 6) is 0. The van der Waals surface area contributed by atoms with E-state index >= 15 is 0 Å². The van der Waals surface area contributed by atoms with Crippen molar-refractivity contribution in [3.8, 4) is 0 Å². The first-order valence-corrected chi connectivity index (χ1v) is 0. The molecule has 6 nitrogen and oxygen atoms in total. The zero-order chi connectivity index (χ0) is 0. The third kappa shape index (κ3) is 834. The normalized spacial score (nSPS) is 0. The maximum atomic E-state index is 0. The van der Waals surface area contributed by atoms with E-state index in [1.807, 2.05) is 0 Å². The van der Waals surface area contributed by atoms with Crippen molar-refractivity contribution in [3.05, 3.63) is 36.9 Å². The van der Waals surface area contributed by atoms with Gasteiger partial charge >= 0.3 is 19.5 Å². The number of hydrogen-bond donors (Lipinski definition) is 0. The molecule has 0 aliphatic rings. The van der Waals surface area contributed by atoms with Gasteiger partial charge in [0.25, 0.3) is 0 Å². The zero-order valence-corrected chi connectivity index (χ0v) is 5.44. The summed E-state index contributed by atoms with van der Waals surface area (Å²) >= 11 is 0. The largest absolute Gasteiger partial charge is 3.00 e. The molecule has 0 aromatic carbocycles. The molecule has 0 fully saturated rings. The van der Waals surface area contributed by atoms with Crippen LogP contribution in [-0.4, -0.2) is 0 Å². The van der Waals surface area contributed by atoms with Crippen LogP contribution in [-0.2, 0) is 19.5 Å². The third-order valence-corrected chi connectivity index (χ3v) is 0. The van der Waals surface area contributed by atoms with Gasteiger partial charge in [0.05, 0.1) is 0 Å². The standard InChI is InChI=1S/6H2N.Rh/h6*1H2;/q6*-1;+3. The van der Waals surface area contributed by atoms with Gasteiger partial charge in [0.1, 0.15) is 0 Å². The molecule has 7 heavy (non-hydrogen) atoms. The average molecular weight is 199 g/mol. The second kappa shape index (κ2) is 1260. The van der Waals surface area contributed by atoms with Gasteiger partial charge in [0.15, 0.2) is 0 Å². The van der Waals surface area contributed by atoms with Crippen molar-refractivity contribution in [1.82, 2.24) is 0 Å². The van der Waals surface area contributed by atoms with Crippen molar-refractivity contribution < 1.29 is 19.5 Å². The van der Waals surface area contributed by atoms with Crippen LogP contribution in [0, 0.1) is 0 Å². The smallest absolute Gasteiger partial charge is 0.693 e. The van der Waals surface area contributed by atoms with Gasteiger partial charge in [0.2, 0.25) is 0 Å². The first-order valence-electron chi connectivity index (χ1n) is 0. The molecule has 0 amide bonds. The van der Waals surface area contributed by atoms with E-state index in [4.69, 9.17) is 0 Å². The van der Waals surface area contributed by atoms with E-state index in [9.17, 15) is 0 Å². The molecular weight excluding hydrogens is 187 g/mol. The van der Waals surface area contributed by atoms with Gasteiger partial charge in [-0.15, -0.1) is 0 Å². The SMILES string of the molecule is [NH2-].[NH2-].[NH2-].[NH2-].[NH2-].[NH2-].[Rh+3]. The fourth-order valence-corrected chi connectivity index (χ4v) is 0. The van der Waals surface area contributed by atoms with E-state index in [1.54, 1.807) is 0 Å². The Morgan fingerprint density at radius 2 is 0.286 bits per heavy atom. The minimum atomic E-state index is 0. The summed E-state index contributed by atoms with van der Waals surface area (Å²) in [6, 6.07) is 0. The number of rotatable bonds is 0. The Morgan fingerprint density at radius 1 is 0.286 bits per heavy atom. The maximum Gasteiger partial charge on any atom is 3.00 e. The molecule has 0 saturated heterocycles. The van der Waals surface area contributed by atoms with Crippen molar-refractivity contribution in [1.29, 1.82) is 0 Å². The van der Waals surface area contributed by atoms with Gasteiger partial charge in [-0.2, -0.15) is 0 Å². The Hall–Kier alpha value is 0.383. The fourth-order valence-electron chi connectivity index (χ4n) is 0. The zero-order valence-electron chi connectivity index (χ0n) is 3.80. The van der Waals surface area contributed by atoms with Crippen molar-refractivity contribution in [2.24, 2.45) is 0 Å². The Bertz CT molecular complexity index is 4.14. The van der Waals surface area contributed by atoms with Gasteiger partial charge < -0.3 is 36.9 Å². The molecule has 0 aliphatic heterocycles. The fraction of sp³-hybridized carbons (Fsp3) is 0. The summed E-state index contributed by atoms with van der Waals surface area (Å²) in [7, 11) is 0. The number of hydrogen-bond acceptors (Lipinski definition) is 0. The van der Waals surface area contributed by atoms with Crippen LogP contribution in [0.15, 0.2) is 0 Å². The van der Waals surface area contributed by atoms with Gasteiger partial charge in [0, 0.05) is 0 Å². The van der Waals surface area contributed by atoms with Crippen LogP contribution in [0.1, 0.15) is 0 Å². The van der Waals surface area contributed by atoms with Crippen LogP contribution in [0.3, 0.4) is 0 Å². The van der Waals surface area contributed by atoms with E-state index in [2.05, 4.69) is 0 Å². The molecular formula is H12N6Rh-3. The average Bonchev–Trinajstić information content (AvgIpc) is 0. The summed E-state index contributed by atoms with van der Waals surface area (Å²) in [5, 5.41) is 0. The third-order valence-electron chi connectivity index (χ3n) is 0. The van der Waals surface area contributed by atoms with Crippen molar-refractivity contribution >= 4 is 0 Å². The Kier molecular flexibility index (Phi) is 368000. The van der Waals surface area contributed by atoms with Crippen LogP contribution in [0.2, 0.25) is 0 Å². The minimum absolute atomic E-state index is 0. The molecule has 0 heterocycles. The molecule has 0 saturated carbocycles. The molecule has 0 spiro atoms. The van der Waals surface area contributed by atoms with Gasteiger partial charge in [-0.05, 0) is 0 Å². The molecule has 0 unspecified atom stereocenters. The molecule has 0 rings (SSSR count). The first-order chi connectivity index (χ1) is 0. The minimum Gasteiger partial charge on any atom is -0.693 e. The Balaban J connectivity index is 0. The van der Waals surface area contributed by atoms with Crippen LogP contribution < -0.4 is 0 Å². The van der Waals surface area contributed by atoms with Gasteiger partial charge in [-0.1, -0.05) is 0 Å². The van der Waals surface area contributed by atoms with Crippen molar-refractivity contribution in [3.63, 3.8) is 0 Å². The Labute approximate surface area is 57.1 Å². The summed E-state index contributed by atoms with van der Waals surface area (Å²) in [4.78, 5) is 0. The van der Waals surface area contributed by atoms with Crippen LogP contribution >= 0.6 is 0 Å². The topological polar surface area (TPSA) is 201 Å². The van der Waals surface area contributed by atoms with Gasteiger partial charge in [-0.25, -0.2) is 0 Å². The second-order valence-corrected chi connectivity index (χ2v) is 0.